The molecule has 0 aliphatic carbocycles. The third kappa shape index (κ3) is 3.20. The minimum atomic E-state index is 0.116. The zero-order chi connectivity index (χ0) is 13.0. The van der Waals surface area contributed by atoms with E-state index in [1.54, 1.807) is 0 Å². The van der Waals surface area contributed by atoms with Gasteiger partial charge < -0.3 is 9.52 Å². The first-order chi connectivity index (χ1) is 8.69. The van der Waals surface area contributed by atoms with Gasteiger partial charge in [0.1, 0.15) is 5.76 Å². The molecule has 0 bridgehead atoms. The summed E-state index contributed by atoms with van der Waals surface area (Å²) in [5.41, 5.74) is 3.45. The van der Waals surface area contributed by atoms with Crippen molar-refractivity contribution in [3.63, 3.8) is 0 Å². The van der Waals surface area contributed by atoms with Crippen molar-refractivity contribution >= 4 is 0 Å². The van der Waals surface area contributed by atoms with Crippen molar-refractivity contribution in [2.45, 2.75) is 33.1 Å². The van der Waals surface area contributed by atoms with Gasteiger partial charge in [-0.1, -0.05) is 29.8 Å². The number of aromatic nitrogens is 1. The molecule has 0 radical (unpaired) electrons. The summed E-state index contributed by atoms with van der Waals surface area (Å²) >= 11 is 0. The van der Waals surface area contributed by atoms with Crippen LogP contribution in [0.2, 0.25) is 0 Å². The number of hydrogen-bond donors (Lipinski definition) is 1. The quantitative estimate of drug-likeness (QED) is 0.880. The molecule has 0 unspecified atom stereocenters. The van der Waals surface area contributed by atoms with Gasteiger partial charge in [0.05, 0.1) is 5.69 Å². The van der Waals surface area contributed by atoms with E-state index >= 15 is 0 Å². The maximum absolute atomic E-state index is 8.91. The van der Waals surface area contributed by atoms with Gasteiger partial charge in [0, 0.05) is 19.4 Å². The van der Waals surface area contributed by atoms with E-state index < -0.39 is 0 Å². The zero-order valence-corrected chi connectivity index (χ0v) is 10.9. The Morgan fingerprint density at radius 3 is 2.72 bits per heavy atom. The summed E-state index contributed by atoms with van der Waals surface area (Å²) in [6.07, 6.45) is 2.30. The van der Waals surface area contributed by atoms with Crippen molar-refractivity contribution in [3.05, 3.63) is 52.7 Å². The predicted molar refractivity (Wildman–Crippen MR) is 70.6 cm³/mol. The largest absolute Gasteiger partial charge is 0.446 e. The lowest BCUT2D eigenvalue weighted by atomic mass is 10.1. The minimum absolute atomic E-state index is 0.116. The van der Waals surface area contributed by atoms with Crippen LogP contribution in [0.5, 0.6) is 0 Å². The molecule has 0 saturated heterocycles. The Morgan fingerprint density at radius 2 is 2.00 bits per heavy atom. The maximum Gasteiger partial charge on any atom is 0.194 e. The molecule has 2 aromatic rings. The summed E-state index contributed by atoms with van der Waals surface area (Å²) in [4.78, 5) is 4.41. The Labute approximate surface area is 107 Å². The fourth-order valence-corrected chi connectivity index (χ4v) is 2.05. The first kappa shape index (κ1) is 12.8. The number of aliphatic hydroxyl groups excluding tert-OH is 1. The molecular formula is C15H19NO2. The smallest absolute Gasteiger partial charge is 0.194 e. The molecule has 1 heterocycles. The fourth-order valence-electron chi connectivity index (χ4n) is 2.05. The highest BCUT2D eigenvalue weighted by molar-refractivity contribution is 5.22. The molecule has 0 saturated carbocycles. The van der Waals surface area contributed by atoms with Crippen LogP contribution < -0.4 is 0 Å². The molecule has 0 spiro atoms. The second-order valence-electron chi connectivity index (χ2n) is 4.57. The van der Waals surface area contributed by atoms with Crippen molar-refractivity contribution in [3.8, 4) is 0 Å². The van der Waals surface area contributed by atoms with Crippen LogP contribution in [-0.2, 0) is 19.3 Å². The number of nitrogens with zero attached hydrogens (tertiary/aromatic N) is 1. The third-order valence-corrected chi connectivity index (χ3v) is 3.00. The summed E-state index contributed by atoms with van der Waals surface area (Å²) in [5.74, 6) is 1.58. The van der Waals surface area contributed by atoms with Crippen LogP contribution in [0.4, 0.5) is 0 Å². The van der Waals surface area contributed by atoms with Crippen molar-refractivity contribution < 1.29 is 9.52 Å². The molecular weight excluding hydrogens is 226 g/mol. The van der Waals surface area contributed by atoms with Gasteiger partial charge in [0.15, 0.2) is 5.89 Å². The van der Waals surface area contributed by atoms with Crippen molar-refractivity contribution in [1.82, 2.24) is 4.98 Å². The lowest BCUT2D eigenvalue weighted by Gasteiger charge is -2.00. The van der Waals surface area contributed by atoms with E-state index in [1.165, 1.54) is 11.1 Å². The Kier molecular flexibility index (Phi) is 4.15. The molecule has 1 N–H and O–H groups in total. The van der Waals surface area contributed by atoms with Gasteiger partial charge >= 0.3 is 0 Å². The number of aliphatic hydroxyl groups is 1. The highest BCUT2D eigenvalue weighted by Gasteiger charge is 2.08. The SMILES string of the molecule is Cc1cccc(CCc2nc(CCO)c(C)o2)c1. The van der Waals surface area contributed by atoms with Crippen LogP contribution in [0.15, 0.2) is 28.7 Å². The maximum atomic E-state index is 8.91. The number of oxazole rings is 1. The molecule has 2 rings (SSSR count). The van der Waals surface area contributed by atoms with Gasteiger partial charge in [-0.05, 0) is 25.8 Å². The highest BCUT2D eigenvalue weighted by Crippen LogP contribution is 2.13. The van der Waals surface area contributed by atoms with Gasteiger partial charge in [-0.2, -0.15) is 0 Å². The van der Waals surface area contributed by atoms with Crippen molar-refractivity contribution in [1.29, 1.82) is 0 Å². The molecule has 3 heteroatoms. The van der Waals surface area contributed by atoms with Gasteiger partial charge in [-0.3, -0.25) is 0 Å². The average molecular weight is 245 g/mol. The van der Waals surface area contributed by atoms with Gasteiger partial charge in [0.2, 0.25) is 0 Å². The standard InChI is InChI=1S/C15H19NO2/c1-11-4-3-5-13(10-11)6-7-15-16-14(8-9-17)12(2)18-15/h3-5,10,17H,6-9H2,1-2H3. The molecule has 96 valence electrons. The summed E-state index contributed by atoms with van der Waals surface area (Å²) in [7, 11) is 0. The van der Waals surface area contributed by atoms with E-state index in [4.69, 9.17) is 9.52 Å². The number of rotatable bonds is 5. The fraction of sp³-hybridized carbons (Fsp3) is 0.400. The molecule has 0 aliphatic heterocycles. The van der Waals surface area contributed by atoms with E-state index in [2.05, 4.69) is 36.2 Å². The molecule has 0 atom stereocenters. The third-order valence-electron chi connectivity index (χ3n) is 3.00. The Balaban J connectivity index is 2.00. The second-order valence-corrected chi connectivity index (χ2v) is 4.57. The highest BCUT2D eigenvalue weighted by atomic mass is 16.4. The summed E-state index contributed by atoms with van der Waals surface area (Å²) in [6.45, 7) is 4.11. The lowest BCUT2D eigenvalue weighted by molar-refractivity contribution is 0.297. The van der Waals surface area contributed by atoms with E-state index in [0.717, 1.165) is 30.2 Å². The predicted octanol–water partition coefficient (Wildman–Crippen LogP) is 2.61. The summed E-state index contributed by atoms with van der Waals surface area (Å²) in [5, 5.41) is 8.91. The normalized spacial score (nSPS) is 10.8. The molecule has 18 heavy (non-hydrogen) atoms. The van der Waals surface area contributed by atoms with Crippen LogP contribution in [-0.4, -0.2) is 16.7 Å². The van der Waals surface area contributed by atoms with Crippen molar-refractivity contribution in [2.75, 3.05) is 6.61 Å². The Hall–Kier alpha value is -1.61. The van der Waals surface area contributed by atoms with Crippen molar-refractivity contribution in [2.24, 2.45) is 0 Å². The van der Waals surface area contributed by atoms with E-state index in [-0.39, 0.29) is 6.61 Å². The Bertz CT molecular complexity index is 517. The van der Waals surface area contributed by atoms with Crippen LogP contribution in [0.3, 0.4) is 0 Å². The number of aryl methyl sites for hydroxylation is 4. The molecule has 0 fully saturated rings. The van der Waals surface area contributed by atoms with Crippen LogP contribution in [0.25, 0.3) is 0 Å². The van der Waals surface area contributed by atoms with Gasteiger partial charge in [-0.15, -0.1) is 0 Å². The minimum Gasteiger partial charge on any atom is -0.446 e. The second kappa shape index (κ2) is 5.83. The first-order valence-electron chi connectivity index (χ1n) is 6.30. The topological polar surface area (TPSA) is 46.3 Å². The zero-order valence-electron chi connectivity index (χ0n) is 10.9. The average Bonchev–Trinajstić information content (AvgIpc) is 2.69. The molecule has 0 aliphatic rings. The molecule has 0 amide bonds. The Morgan fingerprint density at radius 1 is 1.17 bits per heavy atom. The van der Waals surface area contributed by atoms with Crippen LogP contribution >= 0.6 is 0 Å². The van der Waals surface area contributed by atoms with E-state index in [0.29, 0.717) is 6.42 Å². The van der Waals surface area contributed by atoms with Gasteiger partial charge in [0.25, 0.3) is 0 Å². The summed E-state index contributed by atoms with van der Waals surface area (Å²) < 4.78 is 5.60. The van der Waals surface area contributed by atoms with Crippen LogP contribution in [0, 0.1) is 13.8 Å². The first-order valence-corrected chi connectivity index (χ1v) is 6.30. The van der Waals surface area contributed by atoms with Gasteiger partial charge in [-0.25, -0.2) is 4.98 Å². The lowest BCUT2D eigenvalue weighted by Crippen LogP contribution is -1.95. The summed E-state index contributed by atoms with van der Waals surface area (Å²) in [6, 6.07) is 8.47. The molecule has 3 nitrogen and oxygen atoms in total. The molecule has 1 aromatic carbocycles. The number of hydrogen-bond acceptors (Lipinski definition) is 3. The monoisotopic (exact) mass is 245 g/mol. The number of benzene rings is 1. The van der Waals surface area contributed by atoms with Crippen LogP contribution in [0.1, 0.15) is 28.5 Å². The van der Waals surface area contributed by atoms with E-state index in [9.17, 15) is 0 Å². The van der Waals surface area contributed by atoms with E-state index in [1.807, 2.05) is 6.92 Å². The molecule has 1 aromatic heterocycles.